The van der Waals surface area contributed by atoms with Crippen LogP contribution in [0.1, 0.15) is 17.7 Å². The molecule has 8 heteroatoms. The summed E-state index contributed by atoms with van der Waals surface area (Å²) in [7, 11) is 2.09. The Morgan fingerprint density at radius 2 is 2.13 bits per heavy atom. The Labute approximate surface area is 171 Å². The largest absolute Gasteiger partial charge is 0.394 e. The molecule has 4 aromatic rings. The summed E-state index contributed by atoms with van der Waals surface area (Å²) >= 11 is 0. The molecule has 1 aliphatic rings. The molecule has 0 bridgehead atoms. The maximum absolute atomic E-state index is 14.2. The van der Waals surface area contributed by atoms with Crippen molar-refractivity contribution in [3.63, 3.8) is 0 Å². The van der Waals surface area contributed by atoms with Crippen LogP contribution in [0.4, 0.5) is 10.1 Å². The van der Waals surface area contributed by atoms with Gasteiger partial charge in [0.1, 0.15) is 17.0 Å². The highest BCUT2D eigenvalue weighted by molar-refractivity contribution is 6.06. The molecule has 1 aromatic carbocycles. The number of fused-ring (bicyclic) bond motifs is 2. The third kappa shape index (κ3) is 2.80. The number of nitrogens with zero attached hydrogens (tertiary/aromatic N) is 3. The van der Waals surface area contributed by atoms with Gasteiger partial charge in [-0.05, 0) is 49.2 Å². The van der Waals surface area contributed by atoms with Gasteiger partial charge >= 0.3 is 0 Å². The average molecular weight is 404 g/mol. The van der Waals surface area contributed by atoms with Crippen LogP contribution in [0.25, 0.3) is 38.6 Å². The number of H-pyrrole nitrogens is 2. The fourth-order valence-corrected chi connectivity index (χ4v) is 4.13. The molecule has 30 heavy (non-hydrogen) atoms. The smallest absolute Gasteiger partial charge is 0.272 e. The zero-order chi connectivity index (χ0) is 21.0. The Morgan fingerprint density at radius 1 is 1.30 bits per heavy atom. The van der Waals surface area contributed by atoms with E-state index >= 15 is 0 Å². The number of hydrogen-bond acceptors (Lipinski definition) is 5. The van der Waals surface area contributed by atoms with Crippen LogP contribution in [0.2, 0.25) is 0 Å². The maximum Gasteiger partial charge on any atom is 0.272 e. The first kappa shape index (κ1) is 18.5. The van der Waals surface area contributed by atoms with Crippen molar-refractivity contribution < 1.29 is 4.39 Å². The fraction of sp³-hybridized carbons (Fsp3) is 0.227. The second-order valence-corrected chi connectivity index (χ2v) is 7.79. The summed E-state index contributed by atoms with van der Waals surface area (Å²) < 4.78 is 14.2. The van der Waals surface area contributed by atoms with Gasteiger partial charge in [-0.2, -0.15) is 5.10 Å². The predicted molar refractivity (Wildman–Crippen MR) is 117 cm³/mol. The Bertz CT molecular complexity index is 1400. The van der Waals surface area contributed by atoms with Gasteiger partial charge in [-0.3, -0.25) is 9.89 Å². The lowest BCUT2D eigenvalue weighted by molar-refractivity contribution is 0.369. The first-order valence-electron chi connectivity index (χ1n) is 9.77. The maximum atomic E-state index is 14.2. The van der Waals surface area contributed by atoms with Gasteiger partial charge in [0.15, 0.2) is 0 Å². The highest BCUT2D eigenvalue weighted by Gasteiger charge is 2.20. The van der Waals surface area contributed by atoms with E-state index in [0.29, 0.717) is 27.5 Å². The van der Waals surface area contributed by atoms with Gasteiger partial charge in [0.2, 0.25) is 0 Å². The molecule has 0 saturated heterocycles. The molecule has 0 unspecified atom stereocenters. The summed E-state index contributed by atoms with van der Waals surface area (Å²) in [4.78, 5) is 22.6. The molecule has 0 aliphatic carbocycles. The first-order chi connectivity index (χ1) is 14.4. The van der Waals surface area contributed by atoms with E-state index in [9.17, 15) is 9.18 Å². The number of pyridine rings is 2. The molecule has 152 valence electrons. The quantitative estimate of drug-likeness (QED) is 0.476. The summed E-state index contributed by atoms with van der Waals surface area (Å²) in [6, 6.07) is 4.89. The number of aromatic amines is 2. The predicted octanol–water partition coefficient (Wildman–Crippen LogP) is 3.22. The van der Waals surface area contributed by atoms with E-state index in [1.54, 1.807) is 6.07 Å². The Balaban J connectivity index is 1.84. The zero-order valence-corrected chi connectivity index (χ0v) is 16.7. The molecule has 0 atom stereocenters. The molecule has 4 heterocycles. The summed E-state index contributed by atoms with van der Waals surface area (Å²) in [5.41, 5.74) is 11.5. The lowest BCUT2D eigenvalue weighted by atomic mass is 9.96. The van der Waals surface area contributed by atoms with Crippen molar-refractivity contribution in [2.24, 2.45) is 0 Å². The highest BCUT2D eigenvalue weighted by Crippen LogP contribution is 2.36. The number of benzene rings is 1. The third-order valence-corrected chi connectivity index (χ3v) is 5.76. The standard InChI is InChI=1S/C22H21FN6O/c1-11-9-16-21(27-19(11)12-5-7-29(2)8-6-12)17(18(24)22(30)26-16)13-3-4-15(23)20-14(13)10-25-28-20/h3-5,9-10H,6-8,24H2,1-2H3,(H,25,28)(H,26,30). The lowest BCUT2D eigenvalue weighted by Gasteiger charge is -2.23. The second-order valence-electron chi connectivity index (χ2n) is 7.79. The van der Waals surface area contributed by atoms with Crippen molar-refractivity contribution >= 4 is 33.2 Å². The minimum atomic E-state index is -0.417. The zero-order valence-electron chi connectivity index (χ0n) is 16.7. The van der Waals surface area contributed by atoms with E-state index in [-0.39, 0.29) is 11.2 Å². The van der Waals surface area contributed by atoms with Crippen molar-refractivity contribution in [2.75, 3.05) is 25.9 Å². The molecule has 7 nitrogen and oxygen atoms in total. The number of likely N-dealkylation sites (N-methyl/N-ethyl adjacent to an activating group) is 1. The number of halogens is 1. The number of hydrogen-bond donors (Lipinski definition) is 3. The van der Waals surface area contributed by atoms with E-state index in [1.807, 2.05) is 13.0 Å². The first-order valence-corrected chi connectivity index (χ1v) is 9.77. The number of nitrogens with two attached hydrogens (primary N) is 1. The van der Waals surface area contributed by atoms with Crippen molar-refractivity contribution in [3.8, 4) is 11.1 Å². The number of anilines is 1. The highest BCUT2D eigenvalue weighted by atomic mass is 19.1. The van der Waals surface area contributed by atoms with Crippen LogP contribution in [0.3, 0.4) is 0 Å². The van der Waals surface area contributed by atoms with Gasteiger partial charge in [-0.15, -0.1) is 0 Å². The van der Waals surface area contributed by atoms with Crippen molar-refractivity contribution in [3.05, 3.63) is 57.9 Å². The van der Waals surface area contributed by atoms with Crippen LogP contribution in [-0.4, -0.2) is 45.2 Å². The van der Waals surface area contributed by atoms with Gasteiger partial charge in [0.25, 0.3) is 5.56 Å². The molecule has 1 aliphatic heterocycles. The topological polar surface area (TPSA) is 104 Å². The molecule has 0 fully saturated rings. The molecule has 0 amide bonds. The monoisotopic (exact) mass is 404 g/mol. The Hall–Kier alpha value is -3.52. The van der Waals surface area contributed by atoms with Crippen LogP contribution < -0.4 is 11.3 Å². The molecular formula is C22H21FN6O. The normalized spacial score (nSPS) is 15.1. The summed E-state index contributed by atoms with van der Waals surface area (Å²) in [6.45, 7) is 3.81. The molecule has 0 spiro atoms. The SMILES string of the molecule is Cc1cc2[nH]c(=O)c(N)c(-c3ccc(F)c4[nH]ncc34)c2nc1C1=CCN(C)CC1. The van der Waals surface area contributed by atoms with E-state index in [1.165, 1.54) is 17.8 Å². The van der Waals surface area contributed by atoms with Crippen molar-refractivity contribution in [2.45, 2.75) is 13.3 Å². The molecule has 0 radical (unpaired) electrons. The van der Waals surface area contributed by atoms with Crippen LogP contribution in [-0.2, 0) is 0 Å². The van der Waals surface area contributed by atoms with E-state index in [4.69, 9.17) is 10.7 Å². The van der Waals surface area contributed by atoms with Gasteiger partial charge in [-0.25, -0.2) is 9.37 Å². The van der Waals surface area contributed by atoms with Gasteiger partial charge in [0, 0.05) is 24.0 Å². The van der Waals surface area contributed by atoms with Gasteiger partial charge < -0.3 is 15.6 Å². The molecule has 4 N–H and O–H groups in total. The Morgan fingerprint density at radius 3 is 2.90 bits per heavy atom. The lowest BCUT2D eigenvalue weighted by Crippen LogP contribution is -2.24. The van der Waals surface area contributed by atoms with Gasteiger partial charge in [-0.1, -0.05) is 12.1 Å². The summed E-state index contributed by atoms with van der Waals surface area (Å²) in [5, 5.41) is 7.19. The van der Waals surface area contributed by atoms with E-state index in [2.05, 4.69) is 33.2 Å². The van der Waals surface area contributed by atoms with Crippen molar-refractivity contribution in [1.82, 2.24) is 25.1 Å². The van der Waals surface area contributed by atoms with E-state index < -0.39 is 11.4 Å². The minimum Gasteiger partial charge on any atom is -0.394 e. The van der Waals surface area contributed by atoms with Crippen LogP contribution in [0.15, 0.2) is 35.3 Å². The minimum absolute atomic E-state index is 0.0521. The number of rotatable bonds is 2. The fourth-order valence-electron chi connectivity index (χ4n) is 4.13. The van der Waals surface area contributed by atoms with Crippen LogP contribution >= 0.6 is 0 Å². The van der Waals surface area contributed by atoms with Crippen LogP contribution in [0, 0.1) is 12.7 Å². The van der Waals surface area contributed by atoms with Crippen molar-refractivity contribution in [1.29, 1.82) is 0 Å². The Kier molecular flexibility index (Phi) is 4.18. The molecular weight excluding hydrogens is 383 g/mol. The average Bonchev–Trinajstić information content (AvgIpc) is 3.22. The number of aryl methyl sites for hydroxylation is 1. The summed E-state index contributed by atoms with van der Waals surface area (Å²) in [6.07, 6.45) is 4.62. The molecule has 3 aromatic heterocycles. The number of nitrogens with one attached hydrogen (secondary N) is 2. The number of aromatic nitrogens is 4. The summed E-state index contributed by atoms with van der Waals surface area (Å²) in [5.74, 6) is -0.417. The van der Waals surface area contributed by atoms with E-state index in [0.717, 1.165) is 30.8 Å². The molecule has 5 rings (SSSR count). The second kappa shape index (κ2) is 6.77. The molecule has 0 saturated carbocycles. The number of nitrogen functional groups attached to an aromatic ring is 1. The third-order valence-electron chi connectivity index (χ3n) is 5.76. The van der Waals surface area contributed by atoms with Gasteiger partial charge in [0.05, 0.1) is 22.9 Å². The van der Waals surface area contributed by atoms with Crippen LogP contribution in [0.5, 0.6) is 0 Å².